The summed E-state index contributed by atoms with van der Waals surface area (Å²) in [5.41, 5.74) is 2.10. The Kier molecular flexibility index (Phi) is 3.80. The van der Waals surface area contributed by atoms with Gasteiger partial charge in [-0.25, -0.2) is 0 Å². The van der Waals surface area contributed by atoms with E-state index in [1.54, 1.807) is 30.3 Å². The Morgan fingerprint density at radius 2 is 1.76 bits per heavy atom. The summed E-state index contributed by atoms with van der Waals surface area (Å²) < 4.78 is 10.7. The fraction of sp³-hybridized carbons (Fsp3) is 0.263. The van der Waals surface area contributed by atoms with Gasteiger partial charge in [0.2, 0.25) is 12.7 Å². The van der Waals surface area contributed by atoms with Crippen molar-refractivity contribution in [3.8, 4) is 11.5 Å². The van der Waals surface area contributed by atoms with E-state index in [1.165, 1.54) is 6.92 Å². The molecule has 1 N–H and O–H groups in total. The van der Waals surface area contributed by atoms with Crippen LogP contribution in [0.3, 0.4) is 0 Å². The highest BCUT2D eigenvalue weighted by molar-refractivity contribution is 6.07. The second-order valence-corrected chi connectivity index (χ2v) is 6.20. The molecule has 0 spiro atoms. The number of hydrogen-bond acceptors (Lipinski definition) is 4. The molecule has 0 atom stereocenters. The number of carbonyl (C=O) groups is 2. The smallest absolute Gasteiger partial charge is 0.258 e. The Hall–Kier alpha value is -3.02. The first-order valence-electron chi connectivity index (χ1n) is 8.23. The molecule has 2 aliphatic rings. The maximum absolute atomic E-state index is 13.0. The molecular weight excluding hydrogens is 320 g/mol. The van der Waals surface area contributed by atoms with Gasteiger partial charge < -0.3 is 19.7 Å². The molecule has 1 heterocycles. The fourth-order valence-corrected chi connectivity index (χ4v) is 2.90. The summed E-state index contributed by atoms with van der Waals surface area (Å²) in [4.78, 5) is 26.0. The number of amides is 2. The third-order valence-corrected chi connectivity index (χ3v) is 4.22. The molecule has 0 saturated heterocycles. The zero-order chi connectivity index (χ0) is 17.4. The van der Waals surface area contributed by atoms with Crippen LogP contribution in [0.4, 0.5) is 11.4 Å². The maximum Gasteiger partial charge on any atom is 0.258 e. The van der Waals surface area contributed by atoms with Crippen molar-refractivity contribution in [2.75, 3.05) is 17.0 Å². The second-order valence-electron chi connectivity index (χ2n) is 6.20. The molecule has 1 fully saturated rings. The fourth-order valence-electron chi connectivity index (χ4n) is 2.90. The van der Waals surface area contributed by atoms with Crippen molar-refractivity contribution >= 4 is 23.2 Å². The third kappa shape index (κ3) is 3.15. The lowest BCUT2D eigenvalue weighted by Gasteiger charge is -2.23. The highest BCUT2D eigenvalue weighted by Crippen LogP contribution is 2.36. The molecule has 128 valence electrons. The topological polar surface area (TPSA) is 67.9 Å². The van der Waals surface area contributed by atoms with Crippen LogP contribution in [0.15, 0.2) is 42.5 Å². The molecular formula is C19H18N2O4. The van der Waals surface area contributed by atoms with Crippen molar-refractivity contribution in [3.05, 3.63) is 48.0 Å². The standard InChI is InChI=1S/C19H18N2O4/c1-12(22)20-14-3-5-15(6-4-14)21(16-7-8-16)19(23)13-2-9-17-18(10-13)25-11-24-17/h2-6,9-10,16H,7-8,11H2,1H3,(H,20,22). The normalized spacial score (nSPS) is 14.9. The van der Waals surface area contributed by atoms with Gasteiger partial charge in [0, 0.05) is 29.9 Å². The summed E-state index contributed by atoms with van der Waals surface area (Å²) in [7, 11) is 0. The number of ether oxygens (including phenoxy) is 2. The number of carbonyl (C=O) groups excluding carboxylic acids is 2. The summed E-state index contributed by atoms with van der Waals surface area (Å²) in [5, 5.41) is 2.73. The van der Waals surface area contributed by atoms with Crippen LogP contribution in [0.1, 0.15) is 30.1 Å². The molecule has 1 aliphatic heterocycles. The average molecular weight is 338 g/mol. The van der Waals surface area contributed by atoms with E-state index < -0.39 is 0 Å². The monoisotopic (exact) mass is 338 g/mol. The van der Waals surface area contributed by atoms with Crippen LogP contribution in [-0.4, -0.2) is 24.6 Å². The Morgan fingerprint density at radius 1 is 1.04 bits per heavy atom. The molecule has 0 unspecified atom stereocenters. The van der Waals surface area contributed by atoms with E-state index in [1.807, 2.05) is 17.0 Å². The zero-order valence-corrected chi connectivity index (χ0v) is 13.8. The zero-order valence-electron chi connectivity index (χ0n) is 13.8. The van der Waals surface area contributed by atoms with Crippen LogP contribution in [0.25, 0.3) is 0 Å². The van der Waals surface area contributed by atoms with Gasteiger partial charge in [-0.3, -0.25) is 9.59 Å². The van der Waals surface area contributed by atoms with Crippen LogP contribution in [0, 0.1) is 0 Å². The lowest BCUT2D eigenvalue weighted by atomic mass is 10.1. The number of anilines is 2. The van der Waals surface area contributed by atoms with Crippen LogP contribution < -0.4 is 19.7 Å². The summed E-state index contributed by atoms with van der Waals surface area (Å²) in [5.74, 6) is 1.08. The van der Waals surface area contributed by atoms with Crippen LogP contribution in [-0.2, 0) is 4.79 Å². The predicted molar refractivity (Wildman–Crippen MR) is 93.1 cm³/mol. The first kappa shape index (κ1) is 15.5. The molecule has 0 aromatic heterocycles. The molecule has 1 aliphatic carbocycles. The number of fused-ring (bicyclic) bond motifs is 1. The molecule has 0 radical (unpaired) electrons. The summed E-state index contributed by atoms with van der Waals surface area (Å²) in [6.07, 6.45) is 1.98. The highest BCUT2D eigenvalue weighted by atomic mass is 16.7. The van der Waals surface area contributed by atoms with Gasteiger partial charge in [-0.2, -0.15) is 0 Å². The van der Waals surface area contributed by atoms with Crippen molar-refractivity contribution in [1.82, 2.24) is 0 Å². The number of hydrogen-bond donors (Lipinski definition) is 1. The van der Waals surface area contributed by atoms with Gasteiger partial charge in [0.1, 0.15) is 0 Å². The minimum atomic E-state index is -0.122. The maximum atomic E-state index is 13.0. The van der Waals surface area contributed by atoms with Gasteiger partial charge in [-0.15, -0.1) is 0 Å². The molecule has 2 aromatic rings. The van der Waals surface area contributed by atoms with Crippen LogP contribution in [0.2, 0.25) is 0 Å². The lowest BCUT2D eigenvalue weighted by Crippen LogP contribution is -2.33. The number of rotatable bonds is 4. The van der Waals surface area contributed by atoms with Crippen molar-refractivity contribution in [1.29, 1.82) is 0 Å². The Bertz CT molecular complexity index is 828. The lowest BCUT2D eigenvalue weighted by molar-refractivity contribution is -0.114. The molecule has 0 bridgehead atoms. The molecule has 2 aromatic carbocycles. The Balaban J connectivity index is 1.61. The number of nitrogens with one attached hydrogen (secondary N) is 1. The molecule has 4 rings (SSSR count). The van der Waals surface area contributed by atoms with Gasteiger partial charge >= 0.3 is 0 Å². The van der Waals surface area contributed by atoms with Gasteiger partial charge in [0.05, 0.1) is 0 Å². The molecule has 6 nitrogen and oxygen atoms in total. The van der Waals surface area contributed by atoms with Gasteiger partial charge in [-0.05, 0) is 55.3 Å². The van der Waals surface area contributed by atoms with Crippen molar-refractivity contribution in [2.24, 2.45) is 0 Å². The largest absolute Gasteiger partial charge is 0.454 e. The van der Waals surface area contributed by atoms with E-state index in [0.717, 1.165) is 18.5 Å². The van der Waals surface area contributed by atoms with Crippen molar-refractivity contribution < 1.29 is 19.1 Å². The van der Waals surface area contributed by atoms with Crippen LogP contribution in [0.5, 0.6) is 11.5 Å². The first-order chi connectivity index (χ1) is 12.1. The second kappa shape index (κ2) is 6.12. The Labute approximate surface area is 145 Å². The summed E-state index contributed by atoms with van der Waals surface area (Å²) >= 11 is 0. The van der Waals surface area contributed by atoms with E-state index in [0.29, 0.717) is 22.7 Å². The van der Waals surface area contributed by atoms with Crippen molar-refractivity contribution in [3.63, 3.8) is 0 Å². The molecule has 2 amide bonds. The summed E-state index contributed by atoms with van der Waals surface area (Å²) in [6, 6.07) is 12.8. The van der Waals surface area contributed by atoms with Crippen LogP contribution >= 0.6 is 0 Å². The number of nitrogens with zero attached hydrogens (tertiary/aromatic N) is 1. The predicted octanol–water partition coefficient (Wildman–Crippen LogP) is 3.18. The minimum Gasteiger partial charge on any atom is -0.454 e. The molecule has 25 heavy (non-hydrogen) atoms. The van der Waals surface area contributed by atoms with Gasteiger partial charge in [-0.1, -0.05) is 0 Å². The van der Waals surface area contributed by atoms with E-state index in [-0.39, 0.29) is 24.6 Å². The highest BCUT2D eigenvalue weighted by Gasteiger charge is 2.34. The van der Waals surface area contributed by atoms with E-state index >= 15 is 0 Å². The quantitative estimate of drug-likeness (QED) is 0.930. The van der Waals surface area contributed by atoms with E-state index in [2.05, 4.69) is 5.32 Å². The first-order valence-corrected chi connectivity index (χ1v) is 8.23. The molecule has 6 heteroatoms. The minimum absolute atomic E-state index is 0.0620. The third-order valence-electron chi connectivity index (χ3n) is 4.22. The van der Waals surface area contributed by atoms with E-state index in [9.17, 15) is 9.59 Å². The SMILES string of the molecule is CC(=O)Nc1ccc(N(C(=O)c2ccc3c(c2)OCO3)C2CC2)cc1. The summed E-state index contributed by atoms with van der Waals surface area (Å²) in [6.45, 7) is 1.65. The average Bonchev–Trinajstić information content (AvgIpc) is 3.31. The number of benzene rings is 2. The van der Waals surface area contributed by atoms with E-state index in [4.69, 9.17) is 9.47 Å². The Morgan fingerprint density at radius 3 is 2.44 bits per heavy atom. The van der Waals surface area contributed by atoms with Gasteiger partial charge in [0.25, 0.3) is 5.91 Å². The van der Waals surface area contributed by atoms with Crippen molar-refractivity contribution in [2.45, 2.75) is 25.8 Å². The molecule has 1 saturated carbocycles. The van der Waals surface area contributed by atoms with Gasteiger partial charge in [0.15, 0.2) is 11.5 Å².